The van der Waals surface area contributed by atoms with E-state index in [9.17, 15) is 4.79 Å². The van der Waals surface area contributed by atoms with E-state index in [1.54, 1.807) is 5.57 Å². The van der Waals surface area contributed by atoms with Crippen molar-refractivity contribution in [3.8, 4) is 0 Å². The van der Waals surface area contributed by atoms with Gasteiger partial charge >= 0.3 is 5.97 Å². The Hall–Kier alpha value is 0.210. The monoisotopic (exact) mass is 772 g/mol. The van der Waals surface area contributed by atoms with Gasteiger partial charge in [-0.2, -0.15) is 0 Å². The largest absolute Gasteiger partial charge is 0.461 e. The second-order valence-corrected chi connectivity index (χ2v) is 16.7. The number of hydrogen-bond donors (Lipinski definition) is 3. The Balaban J connectivity index is 0.00000576. The number of nitrogens with two attached hydrogens (primary N) is 2. The summed E-state index contributed by atoms with van der Waals surface area (Å²) in [5.74, 6) is 5.08. The van der Waals surface area contributed by atoms with Gasteiger partial charge in [0.2, 0.25) is 0 Å². The third-order valence-corrected chi connectivity index (χ3v) is 13.2. The van der Waals surface area contributed by atoms with E-state index in [1.807, 2.05) is 0 Å². The Labute approximate surface area is 326 Å². The van der Waals surface area contributed by atoms with Gasteiger partial charge in [0.05, 0.1) is 6.54 Å². The van der Waals surface area contributed by atoms with E-state index in [4.69, 9.17) is 16.2 Å². The molecular weight excluding hydrogens is 698 g/mol. The van der Waals surface area contributed by atoms with Crippen LogP contribution >= 0.6 is 49.6 Å². The fraction of sp³-hybridized carbons (Fsp3) is 0.923. The maximum absolute atomic E-state index is 13.2. The number of hydrogen-bond acceptors (Lipinski definition) is 6. The number of unbranched alkanes of at least 4 members (excludes halogenated alkanes) is 1. The molecule has 0 radical (unpaired) electrons. The molecule has 8 atom stereocenters. The van der Waals surface area contributed by atoms with Gasteiger partial charge in [-0.15, -0.1) is 49.6 Å². The van der Waals surface area contributed by atoms with Crippen molar-refractivity contribution in [3.63, 3.8) is 0 Å². The fourth-order valence-corrected chi connectivity index (χ4v) is 10.7. The molecular formula is C39H76Cl4N4O2. The SMILES string of the molecule is CC(C)CCCC(C)[C@H]1CC[C@H]2[C@@H]3CC=C4C[C@@H](OC(=O)CN(CCCN)CCCCNCCCN)CC[C@]4(C)[C@H]3CC[C@]12C.Cl.Cl.Cl.Cl. The Morgan fingerprint density at radius 1 is 0.878 bits per heavy atom. The number of ether oxygens (including phenoxy) is 1. The Bertz CT molecular complexity index is 958. The van der Waals surface area contributed by atoms with Crippen molar-refractivity contribution in [2.75, 3.05) is 45.8 Å². The molecule has 0 bridgehead atoms. The smallest absolute Gasteiger partial charge is 0.320 e. The van der Waals surface area contributed by atoms with Gasteiger partial charge in [-0.25, -0.2) is 0 Å². The van der Waals surface area contributed by atoms with Crippen LogP contribution in [-0.2, 0) is 9.53 Å². The summed E-state index contributed by atoms with van der Waals surface area (Å²) in [5, 5.41) is 3.45. The van der Waals surface area contributed by atoms with Gasteiger partial charge in [-0.3, -0.25) is 9.69 Å². The summed E-state index contributed by atoms with van der Waals surface area (Å²) in [6.45, 7) is 18.1. The van der Waals surface area contributed by atoms with Crippen LogP contribution in [0.3, 0.4) is 0 Å². The van der Waals surface area contributed by atoms with E-state index < -0.39 is 0 Å². The Kier molecular flexibility index (Phi) is 23.9. The molecule has 4 rings (SSSR count). The molecule has 3 fully saturated rings. The maximum atomic E-state index is 13.2. The average Bonchev–Trinajstić information content (AvgIpc) is 3.36. The lowest BCUT2D eigenvalue weighted by Crippen LogP contribution is -2.51. The zero-order chi connectivity index (χ0) is 32.5. The third-order valence-electron chi connectivity index (χ3n) is 13.2. The van der Waals surface area contributed by atoms with Gasteiger partial charge in [-0.05, 0) is 156 Å². The number of fused-ring (bicyclic) bond motifs is 5. The molecule has 5 N–H and O–H groups in total. The molecule has 0 aromatic carbocycles. The van der Waals surface area contributed by atoms with Crippen molar-refractivity contribution in [1.82, 2.24) is 10.2 Å². The normalized spacial score (nSPS) is 30.7. The van der Waals surface area contributed by atoms with Crippen LogP contribution < -0.4 is 16.8 Å². The maximum Gasteiger partial charge on any atom is 0.320 e. The second kappa shape index (κ2) is 23.8. The minimum Gasteiger partial charge on any atom is -0.461 e. The van der Waals surface area contributed by atoms with Crippen LogP contribution in [-0.4, -0.2) is 62.8 Å². The number of esters is 1. The summed E-state index contributed by atoms with van der Waals surface area (Å²) in [6, 6.07) is 0. The van der Waals surface area contributed by atoms with Crippen LogP contribution in [0.1, 0.15) is 131 Å². The molecule has 4 aliphatic rings. The van der Waals surface area contributed by atoms with E-state index in [0.29, 0.717) is 23.9 Å². The van der Waals surface area contributed by atoms with Crippen LogP contribution in [0, 0.1) is 46.3 Å². The van der Waals surface area contributed by atoms with Crippen molar-refractivity contribution in [1.29, 1.82) is 0 Å². The fourth-order valence-electron chi connectivity index (χ4n) is 10.7. The molecule has 0 aromatic rings. The molecule has 49 heavy (non-hydrogen) atoms. The summed E-state index contributed by atoms with van der Waals surface area (Å²) < 4.78 is 6.20. The summed E-state index contributed by atoms with van der Waals surface area (Å²) in [5.41, 5.74) is 13.8. The first kappa shape index (κ1) is 49.2. The van der Waals surface area contributed by atoms with E-state index in [1.165, 1.54) is 57.8 Å². The Morgan fingerprint density at radius 2 is 1.57 bits per heavy atom. The molecule has 10 heteroatoms. The molecule has 0 heterocycles. The number of allylic oxidation sites excluding steroid dienone is 1. The number of rotatable bonds is 19. The van der Waals surface area contributed by atoms with E-state index in [0.717, 1.165) is 107 Å². The van der Waals surface area contributed by atoms with Gasteiger partial charge in [0.15, 0.2) is 0 Å². The van der Waals surface area contributed by atoms with Crippen LogP contribution in [0.4, 0.5) is 0 Å². The van der Waals surface area contributed by atoms with Crippen LogP contribution in [0.25, 0.3) is 0 Å². The van der Waals surface area contributed by atoms with Crippen molar-refractivity contribution >= 4 is 55.6 Å². The van der Waals surface area contributed by atoms with E-state index in [-0.39, 0.29) is 61.7 Å². The molecule has 0 saturated heterocycles. The molecule has 4 aliphatic carbocycles. The van der Waals surface area contributed by atoms with Gasteiger partial charge in [0.1, 0.15) is 6.10 Å². The number of halogens is 4. The molecule has 292 valence electrons. The highest BCUT2D eigenvalue weighted by atomic mass is 35.5. The quantitative estimate of drug-likeness (QED) is 0.0690. The standard InChI is InChI=1S/C39H72N4O2.4ClH/c1-29(2)11-8-12-30(3)34-15-16-35-33-14-13-31-27-32(17-19-38(31,4)36(33)18-20-39(34,35)5)45-37(44)28-43(26-10-22-41)25-7-6-23-42-24-9-21-40;;;;/h13,29-30,32-36,42H,6-12,14-28,40-41H2,1-5H3;4*1H/t30?,32-,33-,34+,35-,36-,38-,39+;;;;/m0..../s1. The van der Waals surface area contributed by atoms with Gasteiger partial charge in [-0.1, -0.05) is 65.5 Å². The van der Waals surface area contributed by atoms with E-state index in [2.05, 4.69) is 50.9 Å². The average molecular weight is 775 g/mol. The van der Waals surface area contributed by atoms with E-state index >= 15 is 0 Å². The zero-order valence-electron chi connectivity index (χ0n) is 31.7. The van der Waals surface area contributed by atoms with Gasteiger partial charge in [0.25, 0.3) is 0 Å². The van der Waals surface area contributed by atoms with Crippen LogP contribution in [0.5, 0.6) is 0 Å². The highest BCUT2D eigenvalue weighted by Gasteiger charge is 2.59. The number of carbonyl (C=O) groups excluding carboxylic acids is 1. The van der Waals surface area contributed by atoms with Gasteiger partial charge < -0.3 is 21.5 Å². The number of nitrogens with one attached hydrogen (secondary N) is 1. The zero-order valence-corrected chi connectivity index (χ0v) is 35.0. The van der Waals surface area contributed by atoms with Crippen molar-refractivity contribution in [2.24, 2.45) is 57.8 Å². The minimum absolute atomic E-state index is 0. The molecule has 0 spiro atoms. The summed E-state index contributed by atoms with van der Waals surface area (Å²) in [7, 11) is 0. The molecule has 0 aliphatic heterocycles. The van der Waals surface area contributed by atoms with Gasteiger partial charge in [0, 0.05) is 6.42 Å². The molecule has 3 saturated carbocycles. The molecule has 6 nitrogen and oxygen atoms in total. The number of carbonyl (C=O) groups is 1. The first-order valence-electron chi connectivity index (χ1n) is 19.3. The predicted octanol–water partition coefficient (Wildman–Crippen LogP) is 9.00. The molecule has 0 amide bonds. The summed E-state index contributed by atoms with van der Waals surface area (Å²) in [4.78, 5) is 15.4. The highest BCUT2D eigenvalue weighted by Crippen LogP contribution is 2.67. The minimum atomic E-state index is -0.0519. The number of nitrogens with zero attached hydrogens (tertiary/aromatic N) is 1. The summed E-state index contributed by atoms with van der Waals surface area (Å²) in [6.07, 6.45) is 21.1. The second-order valence-electron chi connectivity index (χ2n) is 16.7. The molecule has 0 aromatic heterocycles. The summed E-state index contributed by atoms with van der Waals surface area (Å²) >= 11 is 0. The van der Waals surface area contributed by atoms with Crippen molar-refractivity contribution in [3.05, 3.63) is 11.6 Å². The lowest BCUT2D eigenvalue weighted by molar-refractivity contribution is -0.152. The molecule has 1 unspecified atom stereocenters. The van der Waals surface area contributed by atoms with Crippen LogP contribution in [0.2, 0.25) is 0 Å². The highest BCUT2D eigenvalue weighted by molar-refractivity contribution is 5.86. The topological polar surface area (TPSA) is 93.6 Å². The van der Waals surface area contributed by atoms with Crippen molar-refractivity contribution in [2.45, 2.75) is 137 Å². The third kappa shape index (κ3) is 12.9. The lowest BCUT2D eigenvalue weighted by atomic mass is 9.47. The predicted molar refractivity (Wildman–Crippen MR) is 218 cm³/mol. The van der Waals surface area contributed by atoms with Crippen molar-refractivity contribution < 1.29 is 9.53 Å². The Morgan fingerprint density at radius 3 is 2.27 bits per heavy atom. The lowest BCUT2D eigenvalue weighted by Gasteiger charge is -2.58. The van der Waals surface area contributed by atoms with Crippen LogP contribution in [0.15, 0.2) is 11.6 Å². The first-order chi connectivity index (χ1) is 21.6. The first-order valence-corrected chi connectivity index (χ1v) is 19.3.